The van der Waals surface area contributed by atoms with Crippen LogP contribution in [-0.4, -0.2) is 24.5 Å². The first-order valence-corrected chi connectivity index (χ1v) is 9.27. The van der Waals surface area contributed by atoms with E-state index in [1.165, 1.54) is 6.07 Å². The molecule has 1 fully saturated rings. The van der Waals surface area contributed by atoms with E-state index in [4.69, 9.17) is 32.7 Å². The third-order valence-corrected chi connectivity index (χ3v) is 5.36. The van der Waals surface area contributed by atoms with E-state index >= 15 is 4.39 Å². The van der Waals surface area contributed by atoms with Crippen molar-refractivity contribution < 1.29 is 18.3 Å². The van der Waals surface area contributed by atoms with Crippen molar-refractivity contribution in [3.8, 4) is 11.1 Å². The van der Waals surface area contributed by atoms with Crippen LogP contribution in [0.15, 0.2) is 38.3 Å². The Balaban J connectivity index is 1.94. The summed E-state index contributed by atoms with van der Waals surface area (Å²) in [7, 11) is 0. The van der Waals surface area contributed by atoms with Gasteiger partial charge in [-0.2, -0.15) is 0 Å². The number of fused-ring (bicyclic) bond motifs is 1. The molecule has 1 N–H and O–H groups in total. The Morgan fingerprint density at radius 3 is 2.68 bits per heavy atom. The van der Waals surface area contributed by atoms with Crippen LogP contribution in [0.1, 0.15) is 12.0 Å². The van der Waals surface area contributed by atoms with Crippen molar-refractivity contribution in [2.24, 2.45) is 0 Å². The monoisotopic (exact) mass is 425 g/mol. The van der Waals surface area contributed by atoms with Gasteiger partial charge in [0.05, 0.1) is 34.2 Å². The van der Waals surface area contributed by atoms with Crippen molar-refractivity contribution in [3.05, 3.63) is 66.7 Å². The van der Waals surface area contributed by atoms with Gasteiger partial charge in [0, 0.05) is 17.5 Å². The van der Waals surface area contributed by atoms with Gasteiger partial charge in [0.25, 0.3) is 0 Å². The molecular weight excluding hydrogens is 412 g/mol. The molecule has 146 valence electrons. The second-order valence-electron chi connectivity index (χ2n) is 6.26. The zero-order valence-electron chi connectivity index (χ0n) is 14.4. The van der Waals surface area contributed by atoms with Crippen LogP contribution in [-0.2, 0) is 15.9 Å². The van der Waals surface area contributed by atoms with Gasteiger partial charge < -0.3 is 13.9 Å². The standard InChI is InChI=1S/C19H14Cl2FNO5/c20-12-3-1-2-10(15(12)21)14-9(4-5-13-26-6-7-27-13)8-11-17(16(14)22)23-19(25)28-18(11)24/h1-3,8,13H,4-7H2,(H,23,25). The maximum atomic E-state index is 15.5. The van der Waals surface area contributed by atoms with Crippen LogP contribution < -0.4 is 11.4 Å². The van der Waals surface area contributed by atoms with Gasteiger partial charge >= 0.3 is 11.4 Å². The lowest BCUT2D eigenvalue weighted by atomic mass is 9.94. The SMILES string of the molecule is O=c1[nH]c2c(F)c(-c3cccc(Cl)c3Cl)c(CCC3OCCO3)cc2c(=O)o1. The van der Waals surface area contributed by atoms with Gasteiger partial charge in [0.2, 0.25) is 0 Å². The lowest BCUT2D eigenvalue weighted by Gasteiger charge is -2.16. The molecule has 0 unspecified atom stereocenters. The fourth-order valence-electron chi connectivity index (χ4n) is 3.29. The van der Waals surface area contributed by atoms with E-state index in [1.807, 2.05) is 0 Å². The van der Waals surface area contributed by atoms with Gasteiger partial charge in [-0.3, -0.25) is 4.98 Å². The summed E-state index contributed by atoms with van der Waals surface area (Å²) >= 11 is 12.4. The Kier molecular flexibility index (Phi) is 5.25. The molecule has 3 aromatic rings. The largest absolute Gasteiger partial charge is 0.419 e. The summed E-state index contributed by atoms with van der Waals surface area (Å²) in [6.45, 7) is 0.989. The number of nitrogens with one attached hydrogen (secondary N) is 1. The lowest BCUT2D eigenvalue weighted by molar-refractivity contribution is -0.0461. The summed E-state index contributed by atoms with van der Waals surface area (Å²) in [6, 6.07) is 6.33. The predicted octanol–water partition coefficient (Wildman–Crippen LogP) is 3.90. The first-order chi connectivity index (χ1) is 13.5. The molecule has 4 rings (SSSR count). The van der Waals surface area contributed by atoms with Crippen molar-refractivity contribution in [2.75, 3.05) is 13.2 Å². The molecule has 1 aliphatic rings. The molecule has 0 spiro atoms. The number of aromatic amines is 1. The zero-order chi connectivity index (χ0) is 19.8. The van der Waals surface area contributed by atoms with Crippen molar-refractivity contribution in [1.29, 1.82) is 0 Å². The van der Waals surface area contributed by atoms with Gasteiger partial charge in [0.15, 0.2) is 12.1 Å². The Bertz CT molecular complexity index is 1170. The topological polar surface area (TPSA) is 81.5 Å². The molecule has 0 aliphatic carbocycles. The Morgan fingerprint density at radius 2 is 1.93 bits per heavy atom. The van der Waals surface area contributed by atoms with Crippen LogP contribution in [0.3, 0.4) is 0 Å². The van der Waals surface area contributed by atoms with E-state index in [0.29, 0.717) is 37.2 Å². The summed E-state index contributed by atoms with van der Waals surface area (Å²) in [5, 5.41) is 0.359. The molecule has 0 atom stereocenters. The van der Waals surface area contributed by atoms with Crippen LogP contribution in [0.4, 0.5) is 4.39 Å². The van der Waals surface area contributed by atoms with Crippen LogP contribution in [0.5, 0.6) is 0 Å². The highest BCUT2D eigenvalue weighted by molar-refractivity contribution is 6.43. The summed E-state index contributed by atoms with van der Waals surface area (Å²) < 4.78 is 30.9. The summed E-state index contributed by atoms with van der Waals surface area (Å²) in [4.78, 5) is 25.9. The van der Waals surface area contributed by atoms with Crippen LogP contribution >= 0.6 is 23.2 Å². The number of halogens is 3. The number of aryl methyl sites for hydroxylation is 1. The van der Waals surface area contributed by atoms with Gasteiger partial charge in [0.1, 0.15) is 0 Å². The maximum absolute atomic E-state index is 15.5. The summed E-state index contributed by atoms with van der Waals surface area (Å²) in [6.07, 6.45) is 0.382. The van der Waals surface area contributed by atoms with E-state index in [0.717, 1.165) is 0 Å². The number of H-pyrrole nitrogens is 1. The van der Waals surface area contributed by atoms with Crippen molar-refractivity contribution in [2.45, 2.75) is 19.1 Å². The molecule has 1 saturated heterocycles. The average Bonchev–Trinajstić information content (AvgIpc) is 3.17. The van der Waals surface area contributed by atoms with E-state index < -0.39 is 23.5 Å². The molecule has 0 saturated carbocycles. The third kappa shape index (κ3) is 3.46. The first-order valence-electron chi connectivity index (χ1n) is 8.52. The molecular formula is C19H14Cl2FNO5. The average molecular weight is 426 g/mol. The number of hydrogen-bond donors (Lipinski definition) is 1. The van der Waals surface area contributed by atoms with Gasteiger partial charge in [-0.25, -0.2) is 14.0 Å². The third-order valence-electron chi connectivity index (χ3n) is 4.54. The smallest absolute Gasteiger partial charge is 0.372 e. The Labute approximate surface area is 167 Å². The molecule has 9 heteroatoms. The molecule has 0 amide bonds. The number of rotatable bonds is 4. The molecule has 2 aromatic carbocycles. The number of aromatic nitrogens is 1. The van der Waals surface area contributed by atoms with Gasteiger partial charge in [-0.1, -0.05) is 35.3 Å². The fraction of sp³-hybridized carbons (Fsp3) is 0.263. The van der Waals surface area contributed by atoms with Gasteiger partial charge in [-0.15, -0.1) is 0 Å². The molecule has 1 aliphatic heterocycles. The molecule has 28 heavy (non-hydrogen) atoms. The number of benzene rings is 2. The van der Waals surface area contributed by atoms with Crippen LogP contribution in [0, 0.1) is 5.82 Å². The van der Waals surface area contributed by atoms with E-state index in [-0.39, 0.29) is 26.5 Å². The van der Waals surface area contributed by atoms with Crippen molar-refractivity contribution in [1.82, 2.24) is 4.98 Å². The highest BCUT2D eigenvalue weighted by Gasteiger charge is 2.23. The highest BCUT2D eigenvalue weighted by Crippen LogP contribution is 2.39. The van der Waals surface area contributed by atoms with Crippen molar-refractivity contribution >= 4 is 34.1 Å². The lowest BCUT2D eigenvalue weighted by Crippen LogP contribution is -2.17. The Hall–Kier alpha value is -2.19. The minimum Gasteiger partial charge on any atom is -0.372 e. The summed E-state index contributed by atoms with van der Waals surface area (Å²) in [5.74, 6) is -1.82. The molecule has 0 radical (unpaired) electrons. The van der Waals surface area contributed by atoms with Crippen LogP contribution in [0.25, 0.3) is 22.0 Å². The van der Waals surface area contributed by atoms with E-state index in [2.05, 4.69) is 9.40 Å². The van der Waals surface area contributed by atoms with E-state index in [9.17, 15) is 9.59 Å². The number of hydrogen-bond acceptors (Lipinski definition) is 5. The van der Waals surface area contributed by atoms with Crippen LogP contribution in [0.2, 0.25) is 10.0 Å². The summed E-state index contributed by atoms with van der Waals surface area (Å²) in [5.41, 5.74) is -0.168. The second kappa shape index (κ2) is 7.67. The minimum atomic E-state index is -1.04. The molecule has 6 nitrogen and oxygen atoms in total. The maximum Gasteiger partial charge on any atom is 0.419 e. The fourth-order valence-corrected chi connectivity index (χ4v) is 3.68. The molecule has 2 heterocycles. The number of ether oxygens (including phenoxy) is 2. The Morgan fingerprint density at radius 1 is 1.18 bits per heavy atom. The van der Waals surface area contributed by atoms with E-state index in [1.54, 1.807) is 18.2 Å². The zero-order valence-corrected chi connectivity index (χ0v) is 15.9. The van der Waals surface area contributed by atoms with Gasteiger partial charge in [-0.05, 0) is 24.1 Å². The van der Waals surface area contributed by atoms with Crippen molar-refractivity contribution in [3.63, 3.8) is 0 Å². The first kappa shape index (κ1) is 19.1. The highest BCUT2D eigenvalue weighted by atomic mass is 35.5. The molecule has 0 bridgehead atoms. The molecule has 1 aromatic heterocycles. The normalized spacial score (nSPS) is 14.8. The predicted molar refractivity (Wildman–Crippen MR) is 103 cm³/mol. The minimum absolute atomic E-state index is 0.0674. The second-order valence-corrected chi connectivity index (χ2v) is 7.05. The quantitative estimate of drug-likeness (QED) is 0.685.